The van der Waals surface area contributed by atoms with Gasteiger partial charge in [-0.05, 0) is 24.6 Å². The summed E-state index contributed by atoms with van der Waals surface area (Å²) in [6.45, 7) is 1.41. The Labute approximate surface area is 84.4 Å². The lowest BCUT2D eigenvalue weighted by molar-refractivity contribution is 0.101. The predicted octanol–water partition coefficient (Wildman–Crippen LogP) is 0.851. The fraction of sp³-hybridized carbons (Fsp3) is 0.222. The van der Waals surface area contributed by atoms with Crippen LogP contribution >= 0.6 is 0 Å². The third-order valence-electron chi connectivity index (χ3n) is 1.78. The molecule has 1 aromatic rings. The molecule has 0 aliphatic rings. The zero-order valence-corrected chi connectivity index (χ0v) is 8.47. The summed E-state index contributed by atoms with van der Waals surface area (Å²) in [5.41, 5.74) is 6.90. The van der Waals surface area contributed by atoms with Gasteiger partial charge in [0, 0.05) is 17.0 Å². The van der Waals surface area contributed by atoms with Crippen LogP contribution in [0.2, 0.25) is 0 Å². The predicted molar refractivity (Wildman–Crippen MR) is 53.5 cm³/mol. The standard InChI is InChI=1S/C9H11NO3S/c1-6(11)8-3-2-7(4-9(8)10)5-14(12)13/h2-4H,5,10H2,1H3,(H,12,13)/p-1. The number of benzene rings is 1. The van der Waals surface area contributed by atoms with Crippen LogP contribution in [0.1, 0.15) is 22.8 Å². The zero-order valence-electron chi connectivity index (χ0n) is 7.65. The van der Waals surface area contributed by atoms with Crippen LogP contribution in [0, 0.1) is 0 Å². The molecule has 5 heteroatoms. The lowest BCUT2D eigenvalue weighted by Crippen LogP contribution is -2.01. The van der Waals surface area contributed by atoms with Gasteiger partial charge in [-0.25, -0.2) is 0 Å². The molecule has 14 heavy (non-hydrogen) atoms. The molecule has 0 aliphatic heterocycles. The zero-order chi connectivity index (χ0) is 10.7. The van der Waals surface area contributed by atoms with Crippen molar-refractivity contribution in [2.45, 2.75) is 12.7 Å². The van der Waals surface area contributed by atoms with E-state index in [2.05, 4.69) is 0 Å². The largest absolute Gasteiger partial charge is 0.772 e. The third-order valence-corrected chi connectivity index (χ3v) is 2.35. The van der Waals surface area contributed by atoms with Crippen LogP contribution < -0.4 is 5.73 Å². The Morgan fingerprint density at radius 3 is 2.64 bits per heavy atom. The molecule has 1 unspecified atom stereocenters. The fourth-order valence-electron chi connectivity index (χ4n) is 1.16. The van der Waals surface area contributed by atoms with Crippen molar-refractivity contribution in [3.05, 3.63) is 29.3 Å². The van der Waals surface area contributed by atoms with Gasteiger partial charge in [-0.2, -0.15) is 0 Å². The molecule has 0 saturated carbocycles. The van der Waals surface area contributed by atoms with Crippen LogP contribution in [-0.4, -0.2) is 14.5 Å². The van der Waals surface area contributed by atoms with E-state index in [4.69, 9.17) is 5.73 Å². The highest BCUT2D eigenvalue weighted by Crippen LogP contribution is 2.15. The average Bonchev–Trinajstić information content (AvgIpc) is 2.01. The average molecular weight is 212 g/mol. The fourth-order valence-corrected chi connectivity index (χ4v) is 1.61. The topological polar surface area (TPSA) is 83.2 Å². The minimum absolute atomic E-state index is 0.0810. The number of carbonyl (C=O) groups excluding carboxylic acids is 1. The first kappa shape index (κ1) is 10.9. The molecule has 1 aromatic carbocycles. The molecule has 0 aliphatic carbocycles. The maximum atomic E-state index is 11.0. The number of carbonyl (C=O) groups is 1. The van der Waals surface area contributed by atoms with E-state index in [9.17, 15) is 13.6 Å². The van der Waals surface area contributed by atoms with Crippen LogP contribution in [0.15, 0.2) is 18.2 Å². The number of hydrogen-bond donors (Lipinski definition) is 1. The summed E-state index contributed by atoms with van der Waals surface area (Å²) >= 11 is -2.13. The van der Waals surface area contributed by atoms with Gasteiger partial charge in [0.2, 0.25) is 0 Å². The van der Waals surface area contributed by atoms with Gasteiger partial charge in [0.25, 0.3) is 0 Å². The SMILES string of the molecule is CC(=O)c1ccc(CS(=O)[O-])cc1N. The van der Waals surface area contributed by atoms with Crippen molar-refractivity contribution in [2.75, 3.05) is 5.73 Å². The van der Waals surface area contributed by atoms with E-state index in [1.807, 2.05) is 0 Å². The Morgan fingerprint density at radius 1 is 1.57 bits per heavy atom. The summed E-state index contributed by atoms with van der Waals surface area (Å²) in [5.74, 6) is -0.208. The van der Waals surface area contributed by atoms with Crippen molar-refractivity contribution in [3.8, 4) is 0 Å². The van der Waals surface area contributed by atoms with Crippen molar-refractivity contribution in [1.82, 2.24) is 0 Å². The van der Waals surface area contributed by atoms with E-state index in [0.717, 1.165) is 0 Å². The highest BCUT2D eigenvalue weighted by atomic mass is 32.2. The molecule has 0 saturated heterocycles. The maximum absolute atomic E-state index is 11.0. The number of Topliss-reactive ketones (excluding diaryl/α,β-unsaturated/α-hetero) is 1. The van der Waals surface area contributed by atoms with Gasteiger partial charge in [-0.1, -0.05) is 17.1 Å². The number of hydrogen-bond acceptors (Lipinski definition) is 4. The number of rotatable bonds is 3. The van der Waals surface area contributed by atoms with Crippen LogP contribution in [-0.2, 0) is 16.8 Å². The van der Waals surface area contributed by atoms with Gasteiger partial charge in [-0.15, -0.1) is 0 Å². The molecule has 0 amide bonds. The second kappa shape index (κ2) is 4.34. The number of nitrogen functional groups attached to an aromatic ring is 1. The minimum atomic E-state index is -2.13. The van der Waals surface area contributed by atoms with E-state index >= 15 is 0 Å². The van der Waals surface area contributed by atoms with Crippen molar-refractivity contribution in [2.24, 2.45) is 0 Å². The summed E-state index contributed by atoms with van der Waals surface area (Å²) in [5, 5.41) is 0. The third kappa shape index (κ3) is 2.65. The molecule has 0 fully saturated rings. The van der Waals surface area contributed by atoms with Crippen molar-refractivity contribution in [3.63, 3.8) is 0 Å². The molecule has 1 atom stereocenters. The highest BCUT2D eigenvalue weighted by Gasteiger charge is 2.04. The van der Waals surface area contributed by atoms with E-state index in [1.165, 1.54) is 13.0 Å². The maximum Gasteiger partial charge on any atom is 0.161 e. The lowest BCUT2D eigenvalue weighted by Gasteiger charge is -2.07. The number of anilines is 1. The van der Waals surface area contributed by atoms with E-state index in [1.54, 1.807) is 12.1 Å². The summed E-state index contributed by atoms with van der Waals surface area (Å²) in [6, 6.07) is 4.63. The summed E-state index contributed by atoms with van der Waals surface area (Å²) in [4.78, 5) is 11.0. The smallest absolute Gasteiger partial charge is 0.161 e. The number of nitrogens with two attached hydrogens (primary N) is 1. The highest BCUT2D eigenvalue weighted by molar-refractivity contribution is 7.78. The van der Waals surface area contributed by atoms with Crippen LogP contribution in [0.4, 0.5) is 5.69 Å². The molecule has 76 valence electrons. The second-order valence-corrected chi connectivity index (χ2v) is 3.82. The van der Waals surface area contributed by atoms with E-state index in [0.29, 0.717) is 16.8 Å². The first-order valence-electron chi connectivity index (χ1n) is 3.96. The summed E-state index contributed by atoms with van der Waals surface area (Å²) in [7, 11) is 0. The second-order valence-electron chi connectivity index (χ2n) is 2.93. The molecular formula is C9H10NO3S-. The van der Waals surface area contributed by atoms with Crippen LogP contribution in [0.5, 0.6) is 0 Å². The lowest BCUT2D eigenvalue weighted by atomic mass is 10.1. The Hall–Kier alpha value is -1.20. The minimum Gasteiger partial charge on any atom is -0.772 e. The normalized spacial score (nSPS) is 12.4. The van der Waals surface area contributed by atoms with Crippen molar-refractivity contribution in [1.29, 1.82) is 0 Å². The van der Waals surface area contributed by atoms with Gasteiger partial charge in [-0.3, -0.25) is 9.00 Å². The molecule has 2 N–H and O–H groups in total. The Bertz CT molecular complexity index is 390. The summed E-state index contributed by atoms with van der Waals surface area (Å²) < 4.78 is 20.8. The monoisotopic (exact) mass is 212 g/mol. The number of ketones is 1. The molecule has 0 heterocycles. The molecule has 1 rings (SSSR count). The van der Waals surface area contributed by atoms with Gasteiger partial charge in [0.05, 0.1) is 0 Å². The molecular weight excluding hydrogens is 202 g/mol. The Kier molecular flexibility index (Phi) is 3.38. The molecule has 4 nitrogen and oxygen atoms in total. The van der Waals surface area contributed by atoms with Crippen molar-refractivity contribution >= 4 is 22.6 Å². The van der Waals surface area contributed by atoms with Crippen molar-refractivity contribution < 1.29 is 13.6 Å². The van der Waals surface area contributed by atoms with E-state index < -0.39 is 11.1 Å². The van der Waals surface area contributed by atoms with E-state index in [-0.39, 0.29) is 11.5 Å². The molecule has 0 bridgehead atoms. The quantitative estimate of drug-likeness (QED) is 0.457. The summed E-state index contributed by atoms with van der Waals surface area (Å²) in [6.07, 6.45) is 0. The molecule has 0 aromatic heterocycles. The Balaban J connectivity index is 3.00. The van der Waals surface area contributed by atoms with Crippen LogP contribution in [0.3, 0.4) is 0 Å². The van der Waals surface area contributed by atoms with Crippen LogP contribution in [0.25, 0.3) is 0 Å². The first-order valence-corrected chi connectivity index (χ1v) is 5.20. The molecule has 0 spiro atoms. The van der Waals surface area contributed by atoms with Gasteiger partial charge in [0.1, 0.15) is 0 Å². The molecule has 0 radical (unpaired) electrons. The van der Waals surface area contributed by atoms with Gasteiger partial charge in [0.15, 0.2) is 5.78 Å². The first-order chi connectivity index (χ1) is 6.50. The van der Waals surface area contributed by atoms with Gasteiger partial charge >= 0.3 is 0 Å². The van der Waals surface area contributed by atoms with Gasteiger partial charge < -0.3 is 10.3 Å². The Morgan fingerprint density at radius 2 is 2.21 bits per heavy atom.